The number of fused-ring (bicyclic) bond motifs is 2. The molecule has 0 aliphatic rings. The fraction of sp³-hybridized carbons (Fsp3) is 0.116. The lowest BCUT2D eigenvalue weighted by atomic mass is 10.0. The Bertz CT molecular complexity index is 2660. The number of pyridine rings is 4. The first-order valence-corrected chi connectivity index (χ1v) is 18.5. The molecule has 8 rings (SSSR count). The number of nitrogens with two attached hydrogens (primary N) is 1. The average Bonchev–Trinajstić information content (AvgIpc) is 3.83. The fourth-order valence-electron chi connectivity index (χ4n) is 5.87. The van der Waals surface area contributed by atoms with E-state index >= 15 is 0 Å². The predicted octanol–water partition coefficient (Wildman–Crippen LogP) is 10.1. The first-order valence-electron chi connectivity index (χ1n) is 17.7. The van der Waals surface area contributed by atoms with Gasteiger partial charge in [-0.2, -0.15) is 26.3 Å². The lowest BCUT2D eigenvalue weighted by Crippen LogP contribution is -2.11. The van der Waals surface area contributed by atoms with Gasteiger partial charge in [0, 0.05) is 77.6 Å². The van der Waals surface area contributed by atoms with Gasteiger partial charge in [0.25, 0.3) is 0 Å². The molecule has 16 heteroatoms. The summed E-state index contributed by atoms with van der Waals surface area (Å²) in [7, 11) is 0. The molecule has 0 bridgehead atoms. The highest BCUT2D eigenvalue weighted by Crippen LogP contribution is 2.30. The molecule has 0 spiro atoms. The Balaban J connectivity index is 0.000000165. The van der Waals surface area contributed by atoms with E-state index in [0.29, 0.717) is 12.1 Å². The molecule has 0 unspecified atom stereocenters. The van der Waals surface area contributed by atoms with Crippen molar-refractivity contribution in [1.82, 2.24) is 29.9 Å². The second-order valence-electron chi connectivity index (χ2n) is 13.0. The van der Waals surface area contributed by atoms with E-state index < -0.39 is 29.4 Å². The van der Waals surface area contributed by atoms with Gasteiger partial charge >= 0.3 is 12.4 Å². The zero-order valence-electron chi connectivity index (χ0n) is 30.7. The van der Waals surface area contributed by atoms with E-state index in [1.807, 2.05) is 48.9 Å². The van der Waals surface area contributed by atoms with Gasteiger partial charge in [-0.1, -0.05) is 24.3 Å². The second-order valence-corrected chi connectivity index (χ2v) is 13.9. The Morgan fingerprint density at radius 2 is 1.07 bits per heavy atom. The first-order chi connectivity index (χ1) is 28.1. The minimum absolute atomic E-state index is 0.0304. The molecular weight excluding hydrogens is 840 g/mol. The van der Waals surface area contributed by atoms with Crippen molar-refractivity contribution in [2.45, 2.75) is 31.6 Å². The van der Waals surface area contributed by atoms with Gasteiger partial charge in [0.15, 0.2) is 5.78 Å². The van der Waals surface area contributed by atoms with Crippen LogP contribution in [0.5, 0.6) is 0 Å². The Hall–Kier alpha value is -6.68. The number of nitrogens with zero attached hydrogens (tertiary/aromatic N) is 4. The third-order valence-electron chi connectivity index (χ3n) is 8.91. The summed E-state index contributed by atoms with van der Waals surface area (Å²) in [4.78, 5) is 46.3. The highest BCUT2D eigenvalue weighted by molar-refractivity contribution is 9.10. The van der Waals surface area contributed by atoms with Crippen LogP contribution in [0, 0.1) is 0 Å². The van der Waals surface area contributed by atoms with Crippen molar-refractivity contribution in [2.75, 3.05) is 0 Å². The number of ketones is 1. The number of benzene rings is 2. The van der Waals surface area contributed by atoms with Gasteiger partial charge in [-0.05, 0) is 111 Å². The van der Waals surface area contributed by atoms with Crippen molar-refractivity contribution in [3.05, 3.63) is 189 Å². The molecule has 2 aromatic carbocycles. The van der Waals surface area contributed by atoms with Gasteiger partial charge in [-0.15, -0.1) is 0 Å². The molecular formula is C43H32BrF6N7O2. The molecule has 0 aliphatic heterocycles. The molecule has 6 heterocycles. The van der Waals surface area contributed by atoms with E-state index in [2.05, 4.69) is 58.0 Å². The van der Waals surface area contributed by atoms with Crippen LogP contribution < -0.4 is 5.73 Å². The third-order valence-corrected chi connectivity index (χ3v) is 9.38. The maximum atomic E-state index is 12.6. The zero-order valence-corrected chi connectivity index (χ0v) is 32.2. The van der Waals surface area contributed by atoms with Crippen molar-refractivity contribution < 1.29 is 35.9 Å². The SMILES string of the molecule is Brc1ccc(Cc2c[nH]c3ncccc23)cn1.NC(=O)c1ccc(C(F)(F)F)cc1.O=C(Cc1ccc(Cc2c[nH]c3ncccc23)cn1)c1ccc(C(F)(F)F)cc1. The molecule has 8 aromatic rings. The Morgan fingerprint density at radius 3 is 1.49 bits per heavy atom. The van der Waals surface area contributed by atoms with Crippen molar-refractivity contribution in [2.24, 2.45) is 5.73 Å². The summed E-state index contributed by atoms with van der Waals surface area (Å²) in [6.45, 7) is 0. The summed E-state index contributed by atoms with van der Waals surface area (Å²) in [5.41, 5.74) is 10.4. The Morgan fingerprint density at radius 1 is 0.593 bits per heavy atom. The van der Waals surface area contributed by atoms with Crippen LogP contribution in [-0.2, 0) is 31.6 Å². The average molecular weight is 873 g/mol. The van der Waals surface area contributed by atoms with Crippen molar-refractivity contribution in [3.8, 4) is 0 Å². The third kappa shape index (κ3) is 11.3. The molecule has 0 saturated carbocycles. The van der Waals surface area contributed by atoms with E-state index in [1.165, 1.54) is 28.6 Å². The molecule has 0 aliphatic carbocycles. The van der Waals surface area contributed by atoms with Crippen LogP contribution in [-0.4, -0.2) is 41.6 Å². The van der Waals surface area contributed by atoms with Crippen molar-refractivity contribution in [1.29, 1.82) is 0 Å². The maximum absolute atomic E-state index is 12.6. The number of hydrogen-bond acceptors (Lipinski definition) is 6. The van der Waals surface area contributed by atoms with Gasteiger partial charge in [-0.3, -0.25) is 14.6 Å². The number of aromatic nitrogens is 6. The predicted molar refractivity (Wildman–Crippen MR) is 213 cm³/mol. The Kier molecular flexibility index (Phi) is 13.0. The molecule has 59 heavy (non-hydrogen) atoms. The monoisotopic (exact) mass is 871 g/mol. The normalized spacial score (nSPS) is 11.4. The number of aromatic amines is 2. The summed E-state index contributed by atoms with van der Waals surface area (Å²) >= 11 is 3.34. The summed E-state index contributed by atoms with van der Waals surface area (Å²) in [5.74, 6) is -1.02. The molecule has 0 radical (unpaired) electrons. The molecule has 4 N–H and O–H groups in total. The van der Waals surface area contributed by atoms with E-state index in [4.69, 9.17) is 5.73 Å². The van der Waals surface area contributed by atoms with Gasteiger partial charge in [0.1, 0.15) is 15.9 Å². The van der Waals surface area contributed by atoms with E-state index in [9.17, 15) is 35.9 Å². The maximum Gasteiger partial charge on any atom is 0.416 e. The number of carbonyl (C=O) groups is 2. The number of alkyl halides is 6. The van der Waals surface area contributed by atoms with Crippen molar-refractivity contribution in [3.63, 3.8) is 0 Å². The molecule has 6 aromatic heterocycles. The number of Topliss-reactive ketones (excluding diaryl/α,β-unsaturated/α-hetero) is 1. The summed E-state index contributed by atoms with van der Waals surface area (Å²) in [6.07, 6.45) is 3.83. The quantitative estimate of drug-likeness (QED) is 0.0788. The Labute approximate surface area is 340 Å². The van der Waals surface area contributed by atoms with E-state index in [0.717, 1.165) is 75.2 Å². The number of H-pyrrole nitrogens is 2. The summed E-state index contributed by atoms with van der Waals surface area (Å²) in [5, 5.41) is 2.23. The molecule has 300 valence electrons. The standard InChI is InChI=1S/C22H16F3N3O.C13H10BrN3.C8H6F3NO/c23-22(24,25)17-6-4-15(5-7-17)20(29)11-18-8-3-14(12-27-18)10-16-13-28-21-19(16)2-1-9-26-21;14-12-4-3-9(7-16-12)6-10-8-17-13-11(10)2-1-5-15-13;9-8(10,11)6-3-1-5(2-4-6)7(12)13/h1-9,12-13H,10-11H2,(H,26,28);1-5,7-8H,6H2,(H,15,17);1-4H,(H2,12,13). The first kappa shape index (κ1) is 41.9. The second kappa shape index (κ2) is 18.3. The lowest BCUT2D eigenvalue weighted by Gasteiger charge is -2.07. The van der Waals surface area contributed by atoms with Crippen LogP contribution in [0.2, 0.25) is 0 Å². The number of primary amides is 1. The topological polar surface area (TPSA) is 143 Å². The van der Waals surface area contributed by atoms with Crippen LogP contribution >= 0.6 is 15.9 Å². The van der Waals surface area contributed by atoms with Crippen LogP contribution in [0.25, 0.3) is 22.1 Å². The number of carbonyl (C=O) groups excluding carboxylic acids is 2. The smallest absolute Gasteiger partial charge is 0.366 e. The minimum Gasteiger partial charge on any atom is -0.366 e. The van der Waals surface area contributed by atoms with Crippen molar-refractivity contribution >= 4 is 49.7 Å². The number of amides is 1. The molecule has 0 fully saturated rings. The number of hydrogen-bond donors (Lipinski definition) is 3. The van der Waals surface area contributed by atoms with E-state index in [-0.39, 0.29) is 23.3 Å². The van der Waals surface area contributed by atoms with Gasteiger partial charge < -0.3 is 15.7 Å². The summed E-state index contributed by atoms with van der Waals surface area (Å²) < 4.78 is 74.8. The van der Waals surface area contributed by atoms with Crippen LogP contribution in [0.1, 0.15) is 59.8 Å². The summed E-state index contributed by atoms with van der Waals surface area (Å²) in [6, 6.07) is 23.6. The van der Waals surface area contributed by atoms with Crippen LogP contribution in [0.4, 0.5) is 26.3 Å². The number of rotatable bonds is 8. The van der Waals surface area contributed by atoms with Gasteiger partial charge in [-0.25, -0.2) is 15.0 Å². The lowest BCUT2D eigenvalue weighted by molar-refractivity contribution is -0.138. The molecule has 0 saturated heterocycles. The van der Waals surface area contributed by atoms with Crippen LogP contribution in [0.15, 0.2) is 139 Å². The highest BCUT2D eigenvalue weighted by Gasteiger charge is 2.31. The zero-order chi connectivity index (χ0) is 42.2. The van der Waals surface area contributed by atoms with Crippen LogP contribution in [0.3, 0.4) is 0 Å². The van der Waals surface area contributed by atoms with Gasteiger partial charge in [0.2, 0.25) is 5.91 Å². The van der Waals surface area contributed by atoms with Gasteiger partial charge in [0.05, 0.1) is 17.5 Å². The highest BCUT2D eigenvalue weighted by atomic mass is 79.9. The largest absolute Gasteiger partial charge is 0.416 e. The molecule has 0 atom stereocenters. The number of nitrogens with one attached hydrogen (secondary N) is 2. The van der Waals surface area contributed by atoms with E-state index in [1.54, 1.807) is 24.7 Å². The fourth-order valence-corrected chi connectivity index (χ4v) is 6.10. The molecule has 1 amide bonds. The minimum atomic E-state index is -4.42. The number of halogens is 7. The molecule has 9 nitrogen and oxygen atoms in total.